The number of phenols is 1. The van der Waals surface area contributed by atoms with Gasteiger partial charge < -0.3 is 25.4 Å². The average molecular weight is 515 g/mol. The van der Waals surface area contributed by atoms with E-state index in [9.17, 15) is 19.5 Å². The fourth-order valence-electron chi connectivity index (χ4n) is 5.72. The van der Waals surface area contributed by atoms with Crippen LogP contribution >= 0.6 is 0 Å². The number of fused-ring (bicyclic) bond motifs is 3. The lowest BCUT2D eigenvalue weighted by Crippen LogP contribution is -2.65. The number of para-hydroxylation sites is 1. The molecule has 3 aliphatic heterocycles. The van der Waals surface area contributed by atoms with Crippen molar-refractivity contribution in [1.82, 2.24) is 0 Å². The van der Waals surface area contributed by atoms with Crippen molar-refractivity contribution in [2.24, 2.45) is 11.7 Å². The molecule has 4 N–H and O–H groups in total. The van der Waals surface area contributed by atoms with Crippen molar-refractivity contribution in [3.63, 3.8) is 0 Å². The minimum atomic E-state index is -0.785. The summed E-state index contributed by atoms with van der Waals surface area (Å²) in [6.45, 7) is 2.45. The predicted octanol–water partition coefficient (Wildman–Crippen LogP) is 3.68. The second kappa shape index (κ2) is 10.7. The number of quaternary nitrogens is 1. The zero-order chi connectivity index (χ0) is 26.7. The molecule has 196 valence electrons. The molecule has 0 radical (unpaired) electrons. The molecule has 3 fully saturated rings. The summed E-state index contributed by atoms with van der Waals surface area (Å²) in [5.41, 5.74) is 7.24. The average Bonchev–Trinajstić information content (AvgIpc) is 2.93. The predicted molar refractivity (Wildman–Crippen MR) is 143 cm³/mol. The van der Waals surface area contributed by atoms with E-state index in [4.69, 9.17) is 10.5 Å². The van der Waals surface area contributed by atoms with Gasteiger partial charge >= 0.3 is 5.97 Å². The quantitative estimate of drug-likeness (QED) is 0.228. The molecule has 3 aromatic carbocycles. The highest BCUT2D eigenvalue weighted by Crippen LogP contribution is 2.37. The zero-order valence-electron chi connectivity index (χ0n) is 21.1. The van der Waals surface area contributed by atoms with Gasteiger partial charge in [-0.15, -0.1) is 0 Å². The number of ether oxygens (including phenoxy) is 1. The summed E-state index contributed by atoms with van der Waals surface area (Å²) < 4.78 is 6.70. The van der Waals surface area contributed by atoms with Gasteiger partial charge in [0.15, 0.2) is 12.1 Å². The van der Waals surface area contributed by atoms with E-state index in [-0.39, 0.29) is 41.6 Å². The molecule has 1 amide bonds. The van der Waals surface area contributed by atoms with Gasteiger partial charge in [-0.1, -0.05) is 48.5 Å². The number of carbonyl (C=O) groups excluding carboxylic acids is 3. The van der Waals surface area contributed by atoms with Crippen LogP contribution in [0, 0.1) is 5.92 Å². The monoisotopic (exact) mass is 514 g/mol. The fraction of sp³-hybridized carbons (Fsp3) is 0.300. The van der Waals surface area contributed by atoms with Gasteiger partial charge in [0.1, 0.15) is 18.8 Å². The minimum Gasteiger partial charge on any atom is -0.507 e. The molecule has 8 heteroatoms. The molecule has 2 bridgehead atoms. The van der Waals surface area contributed by atoms with Crippen LogP contribution in [-0.4, -0.2) is 59.5 Å². The summed E-state index contributed by atoms with van der Waals surface area (Å²) in [4.78, 5) is 38.4. The molecule has 3 aromatic rings. The second-order valence-electron chi connectivity index (χ2n) is 10.3. The lowest BCUT2D eigenvalue weighted by atomic mass is 9.82. The van der Waals surface area contributed by atoms with Crippen LogP contribution in [-0.2, 0) is 9.53 Å². The van der Waals surface area contributed by atoms with Crippen molar-refractivity contribution in [2.75, 3.05) is 31.5 Å². The van der Waals surface area contributed by atoms with Crippen molar-refractivity contribution in [1.29, 1.82) is 0 Å². The standard InChI is InChI=1S/C30H31N3O5/c31-29(36)24-17-22(11-12-25(24)34)26(35)18-33-15-13-20(14-16-33)27(19-33)38-30(37)28(21-7-3-1-4-8-21)32-23-9-5-2-6-10-23/h1-12,17,20,27-28,32H,13-16,18-19H2,(H2-,31,34,35,36)/p+1/t20?,27-,28?,33?/m0/s1. The molecule has 3 saturated heterocycles. The van der Waals surface area contributed by atoms with Crippen molar-refractivity contribution in [3.05, 3.63) is 95.6 Å². The van der Waals surface area contributed by atoms with Crippen molar-refractivity contribution in [3.8, 4) is 5.75 Å². The fourth-order valence-corrected chi connectivity index (χ4v) is 5.72. The number of hydrogen-bond donors (Lipinski definition) is 3. The van der Waals surface area contributed by atoms with Crippen molar-refractivity contribution >= 4 is 23.3 Å². The SMILES string of the molecule is NC(=O)c1cc(C(=O)C[N+]23CCC(CC2)[C@@H](OC(=O)C(Nc2ccccc2)c2ccccc2)C3)ccc1O. The molecule has 0 spiro atoms. The summed E-state index contributed by atoms with van der Waals surface area (Å²) in [5, 5.41) is 13.2. The number of nitrogens with zero attached hydrogens (tertiary/aromatic N) is 1. The van der Waals surface area contributed by atoms with E-state index < -0.39 is 11.9 Å². The first-order valence-electron chi connectivity index (χ1n) is 12.9. The summed E-state index contributed by atoms with van der Waals surface area (Å²) in [5.74, 6) is -1.24. The number of hydrogen-bond acceptors (Lipinski definition) is 6. The molecule has 6 rings (SSSR count). The molecule has 3 aliphatic rings. The number of esters is 1. The number of nitrogens with two attached hydrogens (primary N) is 1. The highest BCUT2D eigenvalue weighted by atomic mass is 16.5. The maximum absolute atomic E-state index is 13.5. The molecular formula is C30H32N3O5+. The summed E-state index contributed by atoms with van der Waals surface area (Å²) >= 11 is 0. The van der Waals surface area contributed by atoms with Gasteiger partial charge in [0, 0.05) is 30.0 Å². The van der Waals surface area contributed by atoms with E-state index in [1.165, 1.54) is 18.2 Å². The Balaban J connectivity index is 1.31. The normalized spacial score (nSPS) is 22.8. The van der Waals surface area contributed by atoms with Gasteiger partial charge in [-0.05, 0) is 35.9 Å². The number of primary amides is 1. The lowest BCUT2D eigenvalue weighted by molar-refractivity contribution is -0.938. The van der Waals surface area contributed by atoms with Crippen LogP contribution in [0.2, 0.25) is 0 Å². The summed E-state index contributed by atoms with van der Waals surface area (Å²) in [6, 6.07) is 22.6. The number of amides is 1. The van der Waals surface area contributed by atoms with Crippen LogP contribution in [0.4, 0.5) is 5.69 Å². The van der Waals surface area contributed by atoms with Crippen molar-refractivity contribution in [2.45, 2.75) is 25.0 Å². The molecule has 8 nitrogen and oxygen atoms in total. The molecule has 0 aromatic heterocycles. The van der Waals surface area contributed by atoms with Crippen LogP contribution in [0.3, 0.4) is 0 Å². The number of anilines is 1. The summed E-state index contributed by atoms with van der Waals surface area (Å²) in [7, 11) is 0. The van der Waals surface area contributed by atoms with Crippen LogP contribution in [0.25, 0.3) is 0 Å². The van der Waals surface area contributed by atoms with Gasteiger partial charge in [-0.3, -0.25) is 9.59 Å². The number of aromatic hydroxyl groups is 1. The van der Waals surface area contributed by atoms with Gasteiger partial charge in [0.25, 0.3) is 5.91 Å². The van der Waals surface area contributed by atoms with Crippen LogP contribution in [0.5, 0.6) is 5.75 Å². The Morgan fingerprint density at radius 3 is 2.29 bits per heavy atom. The first-order chi connectivity index (χ1) is 18.3. The third-order valence-corrected chi connectivity index (χ3v) is 7.83. The highest BCUT2D eigenvalue weighted by molar-refractivity contribution is 6.02. The molecule has 0 aliphatic carbocycles. The summed E-state index contributed by atoms with van der Waals surface area (Å²) in [6.07, 6.45) is 1.45. The van der Waals surface area contributed by atoms with E-state index in [1.807, 2.05) is 60.7 Å². The van der Waals surface area contributed by atoms with Gasteiger partial charge in [0.05, 0.1) is 18.7 Å². The maximum Gasteiger partial charge on any atom is 0.333 e. The number of Topliss-reactive ketones (excluding diaryl/α,β-unsaturated/α-hetero) is 1. The number of rotatable bonds is 9. The maximum atomic E-state index is 13.5. The topological polar surface area (TPSA) is 119 Å². The Kier molecular flexibility index (Phi) is 7.15. The third kappa shape index (κ3) is 5.40. The lowest BCUT2D eigenvalue weighted by Gasteiger charge is -2.51. The molecule has 0 saturated carbocycles. The Morgan fingerprint density at radius 2 is 1.63 bits per heavy atom. The molecular weight excluding hydrogens is 482 g/mol. The van der Waals surface area contributed by atoms with Gasteiger partial charge in [0.2, 0.25) is 5.78 Å². The number of piperidine rings is 3. The first kappa shape index (κ1) is 25.5. The van der Waals surface area contributed by atoms with Gasteiger partial charge in [-0.2, -0.15) is 0 Å². The molecule has 2 atom stereocenters. The number of carbonyl (C=O) groups is 3. The number of benzene rings is 3. The third-order valence-electron chi connectivity index (χ3n) is 7.83. The number of nitrogens with one attached hydrogen (secondary N) is 1. The smallest absolute Gasteiger partial charge is 0.333 e. The largest absolute Gasteiger partial charge is 0.507 e. The molecule has 1 unspecified atom stereocenters. The second-order valence-corrected chi connectivity index (χ2v) is 10.3. The van der Waals surface area contributed by atoms with E-state index in [0.29, 0.717) is 16.6 Å². The Morgan fingerprint density at radius 1 is 0.974 bits per heavy atom. The van der Waals surface area contributed by atoms with Crippen LogP contribution in [0.15, 0.2) is 78.9 Å². The Labute approximate surface area is 221 Å². The Hall–Kier alpha value is -4.17. The van der Waals surface area contributed by atoms with E-state index in [1.54, 1.807) is 0 Å². The molecule has 38 heavy (non-hydrogen) atoms. The molecule has 3 heterocycles. The number of ketones is 1. The van der Waals surface area contributed by atoms with E-state index >= 15 is 0 Å². The van der Waals surface area contributed by atoms with Crippen molar-refractivity contribution < 1.29 is 28.7 Å². The zero-order valence-corrected chi connectivity index (χ0v) is 21.1. The Bertz CT molecular complexity index is 1320. The highest BCUT2D eigenvalue weighted by Gasteiger charge is 2.49. The van der Waals surface area contributed by atoms with Gasteiger partial charge in [-0.25, -0.2) is 4.79 Å². The van der Waals surface area contributed by atoms with E-state index in [2.05, 4.69) is 5.32 Å². The van der Waals surface area contributed by atoms with Crippen LogP contribution in [0.1, 0.15) is 45.2 Å². The minimum absolute atomic E-state index is 0.0714. The van der Waals surface area contributed by atoms with Crippen LogP contribution < -0.4 is 11.1 Å². The first-order valence-corrected chi connectivity index (χ1v) is 12.9. The van der Waals surface area contributed by atoms with E-state index in [0.717, 1.165) is 37.2 Å².